The summed E-state index contributed by atoms with van der Waals surface area (Å²) in [5, 5.41) is 21.9. The Morgan fingerprint density at radius 1 is 1.12 bits per heavy atom. The Morgan fingerprint density at radius 3 is 2.47 bits per heavy atom. The number of amides is 2. The van der Waals surface area contributed by atoms with Crippen LogP contribution in [-0.2, 0) is 0 Å². The third-order valence-corrected chi connectivity index (χ3v) is 5.04. The van der Waals surface area contributed by atoms with Crippen LogP contribution in [0.5, 0.6) is 5.88 Å². The molecular weight excluding hydrogens is 416 g/mol. The van der Waals surface area contributed by atoms with E-state index in [1.165, 1.54) is 18.2 Å². The third kappa shape index (κ3) is 5.90. The fraction of sp³-hybridized carbons (Fsp3) is 0.429. The van der Waals surface area contributed by atoms with Crippen LogP contribution in [0.3, 0.4) is 0 Å². The number of aromatic nitrogens is 2. The van der Waals surface area contributed by atoms with Gasteiger partial charge in [-0.25, -0.2) is 4.79 Å². The van der Waals surface area contributed by atoms with Gasteiger partial charge >= 0.3 is 6.09 Å². The van der Waals surface area contributed by atoms with Crippen LogP contribution in [0.2, 0.25) is 0 Å². The molecule has 32 heavy (non-hydrogen) atoms. The highest BCUT2D eigenvalue weighted by Gasteiger charge is 2.27. The van der Waals surface area contributed by atoms with Gasteiger partial charge in [0.05, 0.1) is 4.92 Å². The molecule has 0 atom stereocenters. The number of carbonyl (C=O) groups excluding carboxylic acids is 2. The van der Waals surface area contributed by atoms with Gasteiger partial charge in [0, 0.05) is 44.9 Å². The molecule has 0 bridgehead atoms. The first-order chi connectivity index (χ1) is 15.3. The van der Waals surface area contributed by atoms with E-state index in [1.807, 2.05) is 4.90 Å². The predicted octanol–water partition coefficient (Wildman–Crippen LogP) is 2.48. The third-order valence-electron chi connectivity index (χ3n) is 5.04. The minimum atomic E-state index is -0.574. The molecule has 0 spiro atoms. The zero-order valence-corrected chi connectivity index (χ0v) is 18.1. The fourth-order valence-corrected chi connectivity index (χ4v) is 3.25. The first-order valence-electron chi connectivity index (χ1n) is 10.4. The number of hydrogen-bond acceptors (Lipinski definition) is 8. The molecule has 2 amide bonds. The van der Waals surface area contributed by atoms with Crippen molar-refractivity contribution in [1.29, 1.82) is 0 Å². The quantitative estimate of drug-likeness (QED) is 0.511. The molecule has 0 aliphatic carbocycles. The van der Waals surface area contributed by atoms with Crippen LogP contribution in [-0.4, -0.2) is 64.7 Å². The molecule has 2 aromatic rings. The van der Waals surface area contributed by atoms with Crippen LogP contribution in [0.1, 0.15) is 30.6 Å². The normalized spacial score (nSPS) is 13.7. The number of nitrogens with zero attached hydrogens (tertiary/aromatic N) is 5. The van der Waals surface area contributed by atoms with E-state index in [9.17, 15) is 19.7 Å². The lowest BCUT2D eigenvalue weighted by molar-refractivity contribution is -0.385. The highest BCUT2D eigenvalue weighted by Crippen LogP contribution is 2.21. The molecule has 0 radical (unpaired) electrons. The van der Waals surface area contributed by atoms with Gasteiger partial charge in [-0.3, -0.25) is 14.9 Å². The molecule has 0 saturated carbocycles. The van der Waals surface area contributed by atoms with Gasteiger partial charge in [-0.15, -0.1) is 10.2 Å². The molecular formula is C21H26N6O5. The maximum absolute atomic E-state index is 12.7. The standard InChI is InChI=1S/C21H26N6O5/c1-15(2)9-10-22-21(29)32-19-8-7-18(23-24-19)25-11-13-26(14-12-25)20(28)16-5-3-4-6-17(16)27(30)31/h3-8,15H,9-14H2,1-2H3,(H,22,29). The molecule has 1 fully saturated rings. The molecule has 170 valence electrons. The molecule has 1 saturated heterocycles. The molecule has 0 unspecified atom stereocenters. The number of benzene rings is 1. The number of piperazine rings is 1. The largest absolute Gasteiger partial charge is 0.413 e. The second kappa shape index (κ2) is 10.5. The van der Waals surface area contributed by atoms with Gasteiger partial charge in [-0.1, -0.05) is 26.0 Å². The molecule has 1 N–H and O–H groups in total. The lowest BCUT2D eigenvalue weighted by Gasteiger charge is -2.35. The lowest BCUT2D eigenvalue weighted by atomic mass is 10.1. The first-order valence-corrected chi connectivity index (χ1v) is 10.4. The molecule has 3 rings (SSSR count). The topological polar surface area (TPSA) is 131 Å². The van der Waals surface area contributed by atoms with Crippen molar-refractivity contribution in [1.82, 2.24) is 20.4 Å². The van der Waals surface area contributed by atoms with E-state index in [0.717, 1.165) is 6.42 Å². The maximum atomic E-state index is 12.7. The minimum absolute atomic E-state index is 0.0823. The number of para-hydroxylation sites is 1. The van der Waals surface area contributed by atoms with Crippen molar-refractivity contribution in [2.24, 2.45) is 5.92 Å². The van der Waals surface area contributed by atoms with Gasteiger partial charge in [0.15, 0.2) is 5.82 Å². The van der Waals surface area contributed by atoms with Crippen molar-refractivity contribution >= 4 is 23.5 Å². The van der Waals surface area contributed by atoms with Crippen molar-refractivity contribution in [3.63, 3.8) is 0 Å². The van der Waals surface area contributed by atoms with E-state index in [2.05, 4.69) is 29.4 Å². The Hall–Kier alpha value is -3.76. The number of ether oxygens (including phenoxy) is 1. The van der Waals surface area contributed by atoms with Gasteiger partial charge in [0.1, 0.15) is 5.56 Å². The highest BCUT2D eigenvalue weighted by molar-refractivity contribution is 5.98. The summed E-state index contributed by atoms with van der Waals surface area (Å²) in [6, 6.07) is 9.20. The van der Waals surface area contributed by atoms with Crippen molar-refractivity contribution in [3.8, 4) is 5.88 Å². The number of nitro groups is 1. The molecule has 11 heteroatoms. The fourth-order valence-electron chi connectivity index (χ4n) is 3.25. The summed E-state index contributed by atoms with van der Waals surface area (Å²) in [4.78, 5) is 38.7. The molecule has 2 heterocycles. The number of nitrogens with one attached hydrogen (secondary N) is 1. The Bertz CT molecular complexity index is 957. The number of nitro benzene ring substituents is 1. The monoisotopic (exact) mass is 442 g/mol. The summed E-state index contributed by atoms with van der Waals surface area (Å²) in [6.45, 7) is 6.44. The second-order valence-corrected chi connectivity index (χ2v) is 7.78. The average Bonchev–Trinajstić information content (AvgIpc) is 2.79. The van der Waals surface area contributed by atoms with Gasteiger partial charge in [0.25, 0.3) is 11.6 Å². The lowest BCUT2D eigenvalue weighted by Crippen LogP contribution is -2.49. The molecule has 1 aliphatic rings. The van der Waals surface area contributed by atoms with Gasteiger partial charge in [-0.05, 0) is 24.5 Å². The Morgan fingerprint density at radius 2 is 1.84 bits per heavy atom. The van der Waals surface area contributed by atoms with Crippen LogP contribution in [0, 0.1) is 16.0 Å². The zero-order valence-electron chi connectivity index (χ0n) is 18.1. The predicted molar refractivity (Wildman–Crippen MR) is 117 cm³/mol. The van der Waals surface area contributed by atoms with E-state index < -0.39 is 11.0 Å². The van der Waals surface area contributed by atoms with Crippen LogP contribution in [0.25, 0.3) is 0 Å². The smallest absolute Gasteiger partial charge is 0.390 e. The van der Waals surface area contributed by atoms with E-state index in [-0.39, 0.29) is 23.0 Å². The second-order valence-electron chi connectivity index (χ2n) is 7.78. The number of anilines is 1. The summed E-state index contributed by atoms with van der Waals surface area (Å²) in [6.07, 6.45) is 0.279. The van der Waals surface area contributed by atoms with Crippen LogP contribution in [0.15, 0.2) is 36.4 Å². The minimum Gasteiger partial charge on any atom is -0.390 e. The van der Waals surface area contributed by atoms with Crippen LogP contribution in [0.4, 0.5) is 16.3 Å². The Balaban J connectivity index is 1.52. The van der Waals surface area contributed by atoms with Gasteiger partial charge < -0.3 is 19.9 Å². The van der Waals surface area contributed by atoms with E-state index in [0.29, 0.717) is 44.5 Å². The summed E-state index contributed by atoms with van der Waals surface area (Å²) >= 11 is 0. The summed E-state index contributed by atoms with van der Waals surface area (Å²) < 4.78 is 5.12. The van der Waals surface area contributed by atoms with Crippen molar-refractivity contribution in [2.45, 2.75) is 20.3 Å². The van der Waals surface area contributed by atoms with Crippen LogP contribution >= 0.6 is 0 Å². The highest BCUT2D eigenvalue weighted by atomic mass is 16.6. The van der Waals surface area contributed by atoms with E-state index in [4.69, 9.17) is 4.74 Å². The molecule has 1 aromatic carbocycles. The number of hydrogen-bond donors (Lipinski definition) is 1. The van der Waals surface area contributed by atoms with Gasteiger partial charge in [0.2, 0.25) is 5.88 Å². The molecule has 11 nitrogen and oxygen atoms in total. The molecule has 1 aliphatic heterocycles. The zero-order chi connectivity index (χ0) is 23.1. The van der Waals surface area contributed by atoms with Crippen molar-refractivity contribution < 1.29 is 19.2 Å². The Labute approximate surface area is 185 Å². The molecule has 1 aromatic heterocycles. The van der Waals surface area contributed by atoms with E-state index >= 15 is 0 Å². The Kier molecular flexibility index (Phi) is 7.53. The SMILES string of the molecule is CC(C)CCNC(=O)Oc1ccc(N2CCN(C(=O)c3ccccc3[N+](=O)[O-])CC2)nn1. The van der Waals surface area contributed by atoms with Crippen molar-refractivity contribution in [3.05, 3.63) is 52.1 Å². The first kappa shape index (κ1) is 22.9. The van der Waals surface area contributed by atoms with Gasteiger partial charge in [-0.2, -0.15) is 0 Å². The van der Waals surface area contributed by atoms with Crippen molar-refractivity contribution in [2.75, 3.05) is 37.6 Å². The number of rotatable bonds is 7. The average molecular weight is 442 g/mol. The van der Waals surface area contributed by atoms with E-state index in [1.54, 1.807) is 23.1 Å². The van der Waals surface area contributed by atoms with Crippen LogP contribution < -0.4 is 15.0 Å². The summed E-state index contributed by atoms with van der Waals surface area (Å²) in [7, 11) is 0. The maximum Gasteiger partial charge on any atom is 0.413 e. The summed E-state index contributed by atoms with van der Waals surface area (Å²) in [5.74, 6) is 0.805. The number of carbonyl (C=O) groups is 2. The summed E-state index contributed by atoms with van der Waals surface area (Å²) in [5.41, 5.74) is -0.117.